The quantitative estimate of drug-likeness (QED) is 0.485. The maximum atomic E-state index is 12.7. The summed E-state index contributed by atoms with van der Waals surface area (Å²) in [7, 11) is 0. The monoisotopic (exact) mass is 470 g/mol. The fourth-order valence-electron chi connectivity index (χ4n) is 3.81. The molecule has 0 saturated heterocycles. The predicted octanol–water partition coefficient (Wildman–Crippen LogP) is 4.02. The fraction of sp³-hybridized carbons (Fsp3) is 0.400. The van der Waals surface area contributed by atoms with Crippen molar-refractivity contribution in [1.82, 2.24) is 10.6 Å². The molecule has 7 nitrogen and oxygen atoms in total. The van der Waals surface area contributed by atoms with Gasteiger partial charge in [0, 0.05) is 23.6 Å². The summed E-state index contributed by atoms with van der Waals surface area (Å²) < 4.78 is 5.33. The lowest BCUT2D eigenvalue weighted by molar-refractivity contribution is -0.137. The first-order valence-electron chi connectivity index (χ1n) is 10.9. The van der Waals surface area contributed by atoms with Crippen LogP contribution < -0.4 is 10.6 Å². The van der Waals surface area contributed by atoms with Crippen LogP contribution in [0.3, 0.4) is 0 Å². The van der Waals surface area contributed by atoms with Gasteiger partial charge in [0.05, 0.1) is 0 Å². The Morgan fingerprint density at radius 3 is 2.18 bits per heavy atom. The van der Waals surface area contributed by atoms with E-state index in [-0.39, 0.29) is 30.1 Å². The number of carboxylic acids is 1. The van der Waals surface area contributed by atoms with Crippen molar-refractivity contribution >= 4 is 29.7 Å². The number of nitrogens with one attached hydrogen (secondary N) is 2. The molecule has 0 heterocycles. The van der Waals surface area contributed by atoms with Crippen molar-refractivity contribution in [3.63, 3.8) is 0 Å². The molecule has 1 aliphatic rings. The maximum absolute atomic E-state index is 12.7. The Morgan fingerprint density at radius 1 is 1.06 bits per heavy atom. The minimum Gasteiger partial charge on any atom is -0.481 e. The van der Waals surface area contributed by atoms with Crippen LogP contribution in [0.15, 0.2) is 48.5 Å². The van der Waals surface area contributed by atoms with E-state index >= 15 is 0 Å². The molecule has 1 atom stereocenters. The zero-order chi connectivity index (χ0) is 24.0. The highest BCUT2D eigenvalue weighted by Crippen LogP contribution is 2.44. The first-order chi connectivity index (χ1) is 15.7. The molecule has 2 aromatic rings. The molecule has 0 saturated carbocycles. The standard InChI is InChI=1S/C25H30N2O5S/c1-25(2,33-3)15-26-23(30)21(12-13-22(28)29)27-24(31)32-14-20-18-10-6-4-8-16(18)17-9-5-7-11-19(17)20/h4-11,20-21H,12-15H2,1-3H3,(H,26,30)(H,27,31)(H,28,29). The molecule has 0 aromatic heterocycles. The second-order valence-corrected chi connectivity index (χ2v) is 10.1. The van der Waals surface area contributed by atoms with E-state index in [2.05, 4.69) is 22.8 Å². The number of alkyl carbamates (subject to hydrolysis) is 1. The lowest BCUT2D eigenvalue weighted by Crippen LogP contribution is -2.49. The van der Waals surface area contributed by atoms with Crippen LogP contribution in [0.1, 0.15) is 43.7 Å². The molecule has 33 heavy (non-hydrogen) atoms. The topological polar surface area (TPSA) is 105 Å². The number of carbonyl (C=O) groups is 3. The Balaban J connectivity index is 1.64. The summed E-state index contributed by atoms with van der Waals surface area (Å²) in [6, 6.07) is 15.0. The van der Waals surface area contributed by atoms with E-state index in [0.717, 1.165) is 22.3 Å². The number of ether oxygens (including phenoxy) is 1. The Morgan fingerprint density at radius 2 is 1.64 bits per heavy atom. The number of fused-ring (bicyclic) bond motifs is 3. The Bertz CT molecular complexity index is 978. The van der Waals surface area contributed by atoms with Gasteiger partial charge in [-0.15, -0.1) is 0 Å². The van der Waals surface area contributed by atoms with Gasteiger partial charge in [0.15, 0.2) is 0 Å². The Hall–Kier alpha value is -3.00. The lowest BCUT2D eigenvalue weighted by Gasteiger charge is -2.24. The van der Waals surface area contributed by atoms with Gasteiger partial charge in [0.25, 0.3) is 0 Å². The van der Waals surface area contributed by atoms with Crippen molar-refractivity contribution < 1.29 is 24.2 Å². The van der Waals surface area contributed by atoms with Crippen molar-refractivity contribution in [2.45, 2.75) is 43.4 Å². The molecule has 176 valence electrons. The number of carboxylic acid groups (broad SMARTS) is 1. The highest BCUT2D eigenvalue weighted by Gasteiger charge is 2.30. The summed E-state index contributed by atoms with van der Waals surface area (Å²) >= 11 is 1.60. The van der Waals surface area contributed by atoms with Crippen molar-refractivity contribution in [2.24, 2.45) is 0 Å². The summed E-state index contributed by atoms with van der Waals surface area (Å²) in [6.45, 7) is 4.49. The third-order valence-electron chi connectivity index (χ3n) is 5.84. The third kappa shape index (κ3) is 6.28. The van der Waals surface area contributed by atoms with E-state index in [4.69, 9.17) is 9.84 Å². The number of carbonyl (C=O) groups excluding carboxylic acids is 2. The minimum atomic E-state index is -1.04. The van der Waals surface area contributed by atoms with Gasteiger partial charge in [-0.25, -0.2) is 4.79 Å². The largest absolute Gasteiger partial charge is 0.481 e. The van der Waals surface area contributed by atoms with Gasteiger partial charge in [-0.05, 0) is 48.8 Å². The lowest BCUT2D eigenvalue weighted by atomic mass is 9.98. The summed E-state index contributed by atoms with van der Waals surface area (Å²) in [4.78, 5) is 36.3. The number of amides is 2. The van der Waals surface area contributed by atoms with Gasteiger partial charge in [-0.1, -0.05) is 48.5 Å². The van der Waals surface area contributed by atoms with Crippen LogP contribution in [-0.2, 0) is 14.3 Å². The van der Waals surface area contributed by atoms with Crippen LogP contribution in [0.4, 0.5) is 4.79 Å². The normalized spacial score (nSPS) is 13.5. The maximum Gasteiger partial charge on any atom is 0.407 e. The average Bonchev–Trinajstić information content (AvgIpc) is 3.12. The molecule has 1 unspecified atom stereocenters. The smallest absolute Gasteiger partial charge is 0.407 e. The molecule has 3 N–H and O–H groups in total. The molecule has 0 bridgehead atoms. The number of aliphatic carboxylic acids is 1. The first kappa shape index (κ1) is 24.6. The zero-order valence-electron chi connectivity index (χ0n) is 19.1. The van der Waals surface area contributed by atoms with Gasteiger partial charge < -0.3 is 20.5 Å². The number of hydrogen-bond donors (Lipinski definition) is 3. The molecule has 2 aromatic carbocycles. The number of thioether (sulfide) groups is 1. The van der Waals surface area contributed by atoms with Crippen LogP contribution in [0, 0.1) is 0 Å². The van der Waals surface area contributed by atoms with E-state index in [1.54, 1.807) is 11.8 Å². The van der Waals surface area contributed by atoms with Crippen LogP contribution in [0.5, 0.6) is 0 Å². The predicted molar refractivity (Wildman–Crippen MR) is 129 cm³/mol. The van der Waals surface area contributed by atoms with Crippen molar-refractivity contribution in [3.05, 3.63) is 59.7 Å². The van der Waals surface area contributed by atoms with Crippen LogP contribution in [0.2, 0.25) is 0 Å². The van der Waals surface area contributed by atoms with E-state index in [1.807, 2.05) is 56.5 Å². The number of hydrogen-bond acceptors (Lipinski definition) is 5. The summed E-state index contributed by atoms with van der Waals surface area (Å²) in [5.41, 5.74) is 4.42. The molecular formula is C25H30N2O5S. The van der Waals surface area contributed by atoms with Crippen molar-refractivity contribution in [1.29, 1.82) is 0 Å². The SMILES string of the molecule is CSC(C)(C)CNC(=O)C(CCC(=O)O)NC(=O)OCC1c2ccccc2-c2ccccc21. The van der Waals surface area contributed by atoms with E-state index in [1.165, 1.54) is 0 Å². The highest BCUT2D eigenvalue weighted by molar-refractivity contribution is 7.99. The average molecular weight is 471 g/mol. The first-order valence-corrected chi connectivity index (χ1v) is 12.1. The Kier molecular flexibility index (Phi) is 8.02. The second kappa shape index (κ2) is 10.7. The number of benzene rings is 2. The van der Waals surface area contributed by atoms with Gasteiger partial charge in [0.1, 0.15) is 12.6 Å². The summed E-state index contributed by atoms with van der Waals surface area (Å²) in [6.07, 6.45) is 0.938. The molecule has 0 spiro atoms. The molecule has 0 radical (unpaired) electrons. The number of rotatable bonds is 10. The van der Waals surface area contributed by atoms with Crippen LogP contribution in [-0.4, -0.2) is 53.3 Å². The summed E-state index contributed by atoms with van der Waals surface area (Å²) in [5.74, 6) is -1.56. The van der Waals surface area contributed by atoms with Gasteiger partial charge in [-0.2, -0.15) is 11.8 Å². The van der Waals surface area contributed by atoms with Crippen molar-refractivity contribution in [2.75, 3.05) is 19.4 Å². The molecule has 1 aliphatic carbocycles. The Labute approximate surface area is 198 Å². The second-order valence-electron chi connectivity index (χ2n) is 8.64. The molecule has 8 heteroatoms. The van der Waals surface area contributed by atoms with Gasteiger partial charge in [0.2, 0.25) is 5.91 Å². The highest BCUT2D eigenvalue weighted by atomic mass is 32.2. The van der Waals surface area contributed by atoms with E-state index < -0.39 is 24.0 Å². The van der Waals surface area contributed by atoms with E-state index in [9.17, 15) is 14.4 Å². The van der Waals surface area contributed by atoms with Gasteiger partial charge in [-0.3, -0.25) is 9.59 Å². The minimum absolute atomic E-state index is 0.0228. The molecule has 3 rings (SSSR count). The van der Waals surface area contributed by atoms with E-state index in [0.29, 0.717) is 6.54 Å². The molecule has 2 amide bonds. The van der Waals surface area contributed by atoms with Crippen molar-refractivity contribution in [3.8, 4) is 11.1 Å². The van der Waals surface area contributed by atoms with Crippen LogP contribution in [0.25, 0.3) is 11.1 Å². The zero-order valence-corrected chi connectivity index (χ0v) is 19.9. The van der Waals surface area contributed by atoms with Gasteiger partial charge >= 0.3 is 12.1 Å². The third-order valence-corrected chi connectivity index (χ3v) is 7.09. The molecular weight excluding hydrogens is 440 g/mol. The van der Waals surface area contributed by atoms with Crippen LogP contribution >= 0.6 is 11.8 Å². The fourth-order valence-corrected chi connectivity index (χ4v) is 4.03. The summed E-state index contributed by atoms with van der Waals surface area (Å²) in [5, 5.41) is 14.4. The molecule has 0 aliphatic heterocycles. The molecule has 0 fully saturated rings.